The Morgan fingerprint density at radius 2 is 2.21 bits per heavy atom. The fourth-order valence-corrected chi connectivity index (χ4v) is 3.29. The van der Waals surface area contributed by atoms with Gasteiger partial charge in [-0.2, -0.15) is 0 Å². The molecule has 0 bridgehead atoms. The average molecular weight is 330 g/mol. The number of ether oxygens (including phenoxy) is 1. The summed E-state index contributed by atoms with van der Waals surface area (Å²) < 4.78 is 5.82. The lowest BCUT2D eigenvalue weighted by atomic mass is 9.90. The van der Waals surface area contributed by atoms with Gasteiger partial charge in [0.2, 0.25) is 0 Å². The summed E-state index contributed by atoms with van der Waals surface area (Å²) in [6, 6.07) is 5.55. The molecule has 5 heteroatoms. The van der Waals surface area contributed by atoms with E-state index in [4.69, 9.17) is 4.74 Å². The molecule has 1 atom stereocenters. The summed E-state index contributed by atoms with van der Waals surface area (Å²) in [7, 11) is 0. The van der Waals surface area contributed by atoms with Crippen LogP contribution in [0.2, 0.25) is 0 Å². The van der Waals surface area contributed by atoms with Gasteiger partial charge >= 0.3 is 6.03 Å². The monoisotopic (exact) mass is 330 g/mol. The second-order valence-electron chi connectivity index (χ2n) is 7.16. The standard InChI is InChI=1S/C19H26N2O3/c1-13(2)12-24-16-8-9-21(11-16)19(23)20-15-7-6-14-4-3-5-18(22)17(14)10-15/h6-7,10,13,16H,3-5,8-9,11-12H2,1-2H3,(H,20,23)/t16-/m1/s1. The molecule has 1 aliphatic carbocycles. The highest BCUT2D eigenvalue weighted by molar-refractivity contribution is 6.00. The Bertz CT molecular complexity index is 627. The van der Waals surface area contributed by atoms with Crippen molar-refractivity contribution in [2.75, 3.05) is 25.0 Å². The zero-order chi connectivity index (χ0) is 17.1. The molecule has 1 aliphatic heterocycles. The summed E-state index contributed by atoms with van der Waals surface area (Å²) in [6.45, 7) is 6.31. The van der Waals surface area contributed by atoms with Gasteiger partial charge in [-0.1, -0.05) is 19.9 Å². The van der Waals surface area contributed by atoms with Crippen LogP contribution in [0.1, 0.15) is 49.0 Å². The molecule has 5 nitrogen and oxygen atoms in total. The van der Waals surface area contributed by atoms with Crippen molar-refractivity contribution in [3.63, 3.8) is 0 Å². The molecule has 24 heavy (non-hydrogen) atoms. The first kappa shape index (κ1) is 17.0. The van der Waals surface area contributed by atoms with E-state index in [-0.39, 0.29) is 17.9 Å². The van der Waals surface area contributed by atoms with Gasteiger partial charge in [-0.25, -0.2) is 4.79 Å². The SMILES string of the molecule is CC(C)CO[C@@H]1CCN(C(=O)Nc2ccc3c(c2)C(=O)CCC3)C1. The first-order chi connectivity index (χ1) is 11.5. The van der Waals surface area contributed by atoms with E-state index in [0.29, 0.717) is 31.1 Å². The molecule has 3 rings (SSSR count). The van der Waals surface area contributed by atoms with Gasteiger partial charge in [-0.3, -0.25) is 4.79 Å². The van der Waals surface area contributed by atoms with E-state index in [1.54, 1.807) is 4.90 Å². The number of nitrogens with zero attached hydrogens (tertiary/aromatic N) is 1. The van der Waals surface area contributed by atoms with Crippen LogP contribution < -0.4 is 5.32 Å². The number of hydrogen-bond donors (Lipinski definition) is 1. The lowest BCUT2D eigenvalue weighted by Crippen LogP contribution is -2.34. The Kier molecular flexibility index (Phi) is 5.19. The van der Waals surface area contributed by atoms with Crippen LogP contribution in [0.3, 0.4) is 0 Å². The fourth-order valence-electron chi connectivity index (χ4n) is 3.29. The van der Waals surface area contributed by atoms with Crippen LogP contribution in [-0.2, 0) is 11.2 Å². The minimum atomic E-state index is -0.117. The third-order valence-corrected chi connectivity index (χ3v) is 4.61. The molecular weight excluding hydrogens is 304 g/mol. The molecule has 0 unspecified atom stereocenters. The summed E-state index contributed by atoms with van der Waals surface area (Å²) in [5, 5.41) is 2.92. The summed E-state index contributed by atoms with van der Waals surface area (Å²) in [4.78, 5) is 26.2. The van der Waals surface area contributed by atoms with Gasteiger partial charge in [0.05, 0.1) is 6.10 Å². The maximum absolute atomic E-state index is 12.4. The maximum Gasteiger partial charge on any atom is 0.321 e. The Hall–Kier alpha value is -1.88. The molecule has 1 saturated heterocycles. The van der Waals surface area contributed by atoms with Gasteiger partial charge in [0.25, 0.3) is 0 Å². The number of aryl methyl sites for hydroxylation is 1. The third kappa shape index (κ3) is 3.96. The van der Waals surface area contributed by atoms with Crippen molar-refractivity contribution in [3.8, 4) is 0 Å². The van der Waals surface area contributed by atoms with Gasteiger partial charge in [-0.15, -0.1) is 0 Å². The zero-order valence-corrected chi connectivity index (χ0v) is 14.5. The summed E-state index contributed by atoms with van der Waals surface area (Å²) in [6.07, 6.45) is 3.47. The number of fused-ring (bicyclic) bond motifs is 1. The molecule has 0 saturated carbocycles. The Balaban J connectivity index is 1.58. The van der Waals surface area contributed by atoms with Gasteiger partial charge in [0, 0.05) is 37.4 Å². The second-order valence-corrected chi connectivity index (χ2v) is 7.16. The molecule has 1 N–H and O–H groups in total. The highest BCUT2D eigenvalue weighted by Gasteiger charge is 2.27. The third-order valence-electron chi connectivity index (χ3n) is 4.61. The van der Waals surface area contributed by atoms with Crippen molar-refractivity contribution in [2.45, 2.75) is 45.6 Å². The molecule has 0 aromatic heterocycles. The fraction of sp³-hybridized carbons (Fsp3) is 0.579. The number of carbonyl (C=O) groups is 2. The smallest absolute Gasteiger partial charge is 0.321 e. The van der Waals surface area contributed by atoms with E-state index in [2.05, 4.69) is 19.2 Å². The second kappa shape index (κ2) is 7.34. The number of likely N-dealkylation sites (tertiary alicyclic amines) is 1. The molecule has 1 aromatic rings. The lowest BCUT2D eigenvalue weighted by Gasteiger charge is -2.20. The largest absolute Gasteiger partial charge is 0.376 e. The molecule has 0 spiro atoms. The highest BCUT2D eigenvalue weighted by Crippen LogP contribution is 2.25. The lowest BCUT2D eigenvalue weighted by molar-refractivity contribution is 0.0440. The number of urea groups is 1. The van der Waals surface area contributed by atoms with Crippen molar-refractivity contribution in [3.05, 3.63) is 29.3 Å². The molecular formula is C19H26N2O3. The molecule has 1 aromatic carbocycles. The average Bonchev–Trinajstić information content (AvgIpc) is 3.03. The van der Waals surface area contributed by atoms with Crippen LogP contribution in [0.25, 0.3) is 0 Å². The predicted octanol–water partition coefficient (Wildman–Crippen LogP) is 3.48. The van der Waals surface area contributed by atoms with Gasteiger partial charge < -0.3 is 15.0 Å². The van der Waals surface area contributed by atoms with Gasteiger partial charge in [-0.05, 0) is 42.9 Å². The summed E-state index contributed by atoms with van der Waals surface area (Å²) in [5.74, 6) is 0.677. The predicted molar refractivity (Wildman–Crippen MR) is 93.5 cm³/mol. The van der Waals surface area contributed by atoms with Crippen molar-refractivity contribution < 1.29 is 14.3 Å². The molecule has 2 aliphatic rings. The molecule has 1 fully saturated rings. The van der Waals surface area contributed by atoms with E-state index in [1.807, 2.05) is 18.2 Å². The van der Waals surface area contributed by atoms with E-state index in [1.165, 1.54) is 0 Å². The van der Waals surface area contributed by atoms with Crippen molar-refractivity contribution in [2.24, 2.45) is 5.92 Å². The minimum absolute atomic E-state index is 0.117. The van der Waals surface area contributed by atoms with E-state index in [9.17, 15) is 9.59 Å². The Morgan fingerprint density at radius 1 is 1.38 bits per heavy atom. The number of carbonyl (C=O) groups excluding carboxylic acids is 2. The van der Waals surface area contributed by atoms with E-state index in [0.717, 1.165) is 37.0 Å². The van der Waals surface area contributed by atoms with E-state index < -0.39 is 0 Å². The quantitative estimate of drug-likeness (QED) is 0.919. The van der Waals surface area contributed by atoms with Crippen LogP contribution >= 0.6 is 0 Å². The molecule has 2 amide bonds. The Labute approximate surface area is 143 Å². The number of rotatable bonds is 4. The van der Waals surface area contributed by atoms with Gasteiger partial charge in [0.1, 0.15) is 0 Å². The van der Waals surface area contributed by atoms with E-state index >= 15 is 0 Å². The maximum atomic E-state index is 12.4. The van der Waals surface area contributed by atoms with Gasteiger partial charge in [0.15, 0.2) is 5.78 Å². The summed E-state index contributed by atoms with van der Waals surface area (Å²) in [5.41, 5.74) is 2.55. The molecule has 0 radical (unpaired) electrons. The van der Waals surface area contributed by atoms with Crippen LogP contribution in [0, 0.1) is 5.92 Å². The van der Waals surface area contributed by atoms with Crippen molar-refractivity contribution in [1.82, 2.24) is 4.90 Å². The molecule has 1 heterocycles. The number of benzene rings is 1. The number of Topliss-reactive ketones (excluding diaryl/α,β-unsaturated/α-hetero) is 1. The van der Waals surface area contributed by atoms with Crippen molar-refractivity contribution >= 4 is 17.5 Å². The number of anilines is 1. The molecule has 130 valence electrons. The first-order valence-corrected chi connectivity index (χ1v) is 8.86. The van der Waals surface area contributed by atoms with Crippen LogP contribution in [0.5, 0.6) is 0 Å². The zero-order valence-electron chi connectivity index (χ0n) is 14.5. The number of amides is 2. The van der Waals surface area contributed by atoms with Crippen LogP contribution in [0.15, 0.2) is 18.2 Å². The number of nitrogens with one attached hydrogen (secondary N) is 1. The first-order valence-electron chi connectivity index (χ1n) is 8.86. The normalized spacial score (nSPS) is 20.4. The topological polar surface area (TPSA) is 58.6 Å². The van der Waals surface area contributed by atoms with Crippen LogP contribution in [0.4, 0.5) is 10.5 Å². The minimum Gasteiger partial charge on any atom is -0.376 e. The number of hydrogen-bond acceptors (Lipinski definition) is 3. The highest BCUT2D eigenvalue weighted by atomic mass is 16.5. The Morgan fingerprint density at radius 3 is 3.00 bits per heavy atom. The van der Waals surface area contributed by atoms with Crippen molar-refractivity contribution in [1.29, 1.82) is 0 Å². The summed E-state index contributed by atoms with van der Waals surface area (Å²) >= 11 is 0. The number of ketones is 1. The van der Waals surface area contributed by atoms with Crippen LogP contribution in [-0.4, -0.2) is 42.5 Å².